The van der Waals surface area contributed by atoms with Crippen molar-refractivity contribution in [3.63, 3.8) is 0 Å². The third-order valence-electron chi connectivity index (χ3n) is 5.03. The molecule has 0 radical (unpaired) electrons. The van der Waals surface area contributed by atoms with Crippen molar-refractivity contribution in [2.24, 2.45) is 5.16 Å². The second-order valence-electron chi connectivity index (χ2n) is 7.16. The van der Waals surface area contributed by atoms with Crippen LogP contribution >= 0.6 is 27.3 Å². The minimum absolute atomic E-state index is 0.519. The Bertz CT molecular complexity index is 1200. The molecule has 6 nitrogen and oxygen atoms in total. The van der Waals surface area contributed by atoms with Crippen LogP contribution in [0.5, 0.6) is 11.6 Å². The van der Waals surface area contributed by atoms with E-state index in [1.165, 1.54) is 10.1 Å². The molecule has 2 aromatic heterocycles. The molecule has 2 aromatic carbocycles. The standard InChI is InChI=1S/C17H18BrN3O3.C8H6S/c1-22-13-5-3-12(4-6-13)11-21-9-10-24-20-16(21)15-8-7-14(18)17(19-15)23-2;1-2-4-8-7(3-1)5-6-9-8/h3-8H,9-11H2,1-2H3;1-6H. The zero-order valence-corrected chi connectivity index (χ0v) is 20.8. The highest BCUT2D eigenvalue weighted by Crippen LogP contribution is 2.24. The Balaban J connectivity index is 0.000000238. The van der Waals surface area contributed by atoms with E-state index in [0.29, 0.717) is 30.6 Å². The molecule has 0 atom stereocenters. The minimum atomic E-state index is 0.519. The summed E-state index contributed by atoms with van der Waals surface area (Å²) in [5.41, 5.74) is 1.87. The number of ether oxygens (including phenoxy) is 2. The highest BCUT2D eigenvalue weighted by Gasteiger charge is 2.21. The normalized spacial score (nSPS) is 12.9. The molecule has 0 fully saturated rings. The molecule has 0 bridgehead atoms. The second-order valence-corrected chi connectivity index (χ2v) is 8.97. The van der Waals surface area contributed by atoms with Gasteiger partial charge in [-0.25, -0.2) is 4.98 Å². The largest absolute Gasteiger partial charge is 0.497 e. The van der Waals surface area contributed by atoms with Gasteiger partial charge >= 0.3 is 0 Å². The van der Waals surface area contributed by atoms with Crippen LogP contribution < -0.4 is 9.47 Å². The maximum Gasteiger partial charge on any atom is 0.228 e. The van der Waals surface area contributed by atoms with E-state index in [9.17, 15) is 0 Å². The van der Waals surface area contributed by atoms with Crippen LogP contribution in [0.15, 0.2) is 81.7 Å². The highest BCUT2D eigenvalue weighted by atomic mass is 79.9. The fourth-order valence-corrected chi connectivity index (χ4v) is 4.51. The van der Waals surface area contributed by atoms with Crippen LogP contribution in [0, 0.1) is 0 Å². The zero-order chi connectivity index (χ0) is 23.0. The zero-order valence-electron chi connectivity index (χ0n) is 18.4. The summed E-state index contributed by atoms with van der Waals surface area (Å²) in [7, 11) is 3.25. The first-order valence-electron chi connectivity index (χ1n) is 10.4. The van der Waals surface area contributed by atoms with Gasteiger partial charge in [-0.3, -0.25) is 0 Å². The Labute approximate surface area is 205 Å². The lowest BCUT2D eigenvalue weighted by atomic mass is 10.2. The average molecular weight is 526 g/mol. The average Bonchev–Trinajstić information content (AvgIpc) is 3.35. The molecule has 0 N–H and O–H groups in total. The quantitative estimate of drug-likeness (QED) is 0.322. The van der Waals surface area contributed by atoms with Gasteiger partial charge in [-0.05, 0) is 68.7 Å². The summed E-state index contributed by atoms with van der Waals surface area (Å²) >= 11 is 5.20. The lowest BCUT2D eigenvalue weighted by molar-refractivity contribution is 0.100. The molecule has 8 heteroatoms. The van der Waals surface area contributed by atoms with Crippen LogP contribution in [0.3, 0.4) is 0 Å². The Morgan fingerprint density at radius 3 is 2.58 bits per heavy atom. The van der Waals surface area contributed by atoms with E-state index in [2.05, 4.69) is 66.7 Å². The Morgan fingerprint density at radius 2 is 1.82 bits per heavy atom. The van der Waals surface area contributed by atoms with Gasteiger partial charge in [-0.15, -0.1) is 11.3 Å². The molecule has 4 aromatic rings. The fourth-order valence-electron chi connectivity index (χ4n) is 3.33. The van der Waals surface area contributed by atoms with E-state index >= 15 is 0 Å². The number of thiophene rings is 1. The van der Waals surface area contributed by atoms with Crippen molar-refractivity contribution in [2.75, 3.05) is 27.4 Å². The number of oxime groups is 1. The van der Waals surface area contributed by atoms with Gasteiger partial charge in [0, 0.05) is 11.2 Å². The lowest BCUT2D eigenvalue weighted by Crippen LogP contribution is -2.37. The summed E-state index contributed by atoms with van der Waals surface area (Å²) in [6.45, 7) is 2.00. The number of fused-ring (bicyclic) bond motifs is 1. The lowest BCUT2D eigenvalue weighted by Gasteiger charge is -2.28. The Hall–Kier alpha value is -3.10. The smallest absolute Gasteiger partial charge is 0.228 e. The summed E-state index contributed by atoms with van der Waals surface area (Å²) in [6.07, 6.45) is 0. The maximum atomic E-state index is 5.28. The molecule has 1 aliphatic rings. The maximum absolute atomic E-state index is 5.28. The van der Waals surface area contributed by atoms with Crippen LogP contribution in [-0.4, -0.2) is 43.1 Å². The molecule has 5 rings (SSSR count). The van der Waals surface area contributed by atoms with Crippen molar-refractivity contribution in [2.45, 2.75) is 6.54 Å². The van der Waals surface area contributed by atoms with E-state index in [1.807, 2.05) is 36.4 Å². The number of nitrogens with zero attached hydrogens (tertiary/aromatic N) is 3. The molecular formula is C25H24BrN3O3S. The first kappa shape index (κ1) is 23.1. The van der Waals surface area contributed by atoms with Crippen molar-refractivity contribution >= 4 is 43.2 Å². The molecule has 3 heterocycles. The SMILES string of the molecule is COc1ccc(CN2CCON=C2c2ccc(Br)c(OC)n2)cc1.c1ccc2sccc2c1. The van der Waals surface area contributed by atoms with Crippen LogP contribution in [0.25, 0.3) is 10.1 Å². The van der Waals surface area contributed by atoms with E-state index < -0.39 is 0 Å². The van der Waals surface area contributed by atoms with E-state index in [0.717, 1.165) is 22.3 Å². The molecule has 0 aliphatic carbocycles. The van der Waals surface area contributed by atoms with Gasteiger partial charge < -0.3 is 19.2 Å². The Kier molecular flexibility index (Phi) is 7.80. The van der Waals surface area contributed by atoms with Gasteiger partial charge in [0.05, 0.1) is 25.2 Å². The van der Waals surface area contributed by atoms with E-state index in [4.69, 9.17) is 14.3 Å². The number of amidine groups is 1. The molecule has 0 saturated carbocycles. The van der Waals surface area contributed by atoms with Crippen molar-refractivity contribution in [1.29, 1.82) is 0 Å². The number of halogens is 1. The number of methoxy groups -OCH3 is 2. The van der Waals surface area contributed by atoms with Crippen LogP contribution in [0.2, 0.25) is 0 Å². The molecule has 1 aliphatic heterocycles. The molecule has 33 heavy (non-hydrogen) atoms. The predicted molar refractivity (Wildman–Crippen MR) is 136 cm³/mol. The first-order valence-corrected chi connectivity index (χ1v) is 12.1. The minimum Gasteiger partial charge on any atom is -0.497 e. The van der Waals surface area contributed by atoms with Crippen molar-refractivity contribution in [3.05, 3.63) is 87.8 Å². The topological polar surface area (TPSA) is 56.2 Å². The van der Waals surface area contributed by atoms with Gasteiger partial charge in [-0.2, -0.15) is 0 Å². The van der Waals surface area contributed by atoms with Crippen molar-refractivity contribution in [3.8, 4) is 11.6 Å². The number of pyridine rings is 1. The summed E-state index contributed by atoms with van der Waals surface area (Å²) in [5, 5.41) is 7.67. The number of hydrogen-bond acceptors (Lipinski definition) is 7. The molecule has 0 spiro atoms. The number of benzene rings is 2. The van der Waals surface area contributed by atoms with Gasteiger partial charge in [0.15, 0.2) is 5.84 Å². The fraction of sp³-hybridized carbons (Fsp3) is 0.200. The highest BCUT2D eigenvalue weighted by molar-refractivity contribution is 9.10. The van der Waals surface area contributed by atoms with Gasteiger partial charge in [0.1, 0.15) is 18.1 Å². The second kappa shape index (κ2) is 11.2. The van der Waals surface area contributed by atoms with Crippen LogP contribution in [0.1, 0.15) is 11.3 Å². The molecule has 0 unspecified atom stereocenters. The van der Waals surface area contributed by atoms with Gasteiger partial charge in [-0.1, -0.05) is 35.5 Å². The molecule has 0 amide bonds. The molecule has 0 saturated heterocycles. The first-order chi connectivity index (χ1) is 16.2. The molecular weight excluding hydrogens is 502 g/mol. The van der Waals surface area contributed by atoms with E-state index in [1.54, 1.807) is 25.6 Å². The van der Waals surface area contributed by atoms with Crippen LogP contribution in [-0.2, 0) is 11.4 Å². The molecule has 170 valence electrons. The van der Waals surface area contributed by atoms with Crippen molar-refractivity contribution in [1.82, 2.24) is 9.88 Å². The Morgan fingerprint density at radius 1 is 1.00 bits per heavy atom. The predicted octanol–water partition coefficient (Wildman–Crippen LogP) is 5.96. The number of aromatic nitrogens is 1. The summed E-state index contributed by atoms with van der Waals surface area (Å²) in [4.78, 5) is 11.9. The number of hydrogen-bond donors (Lipinski definition) is 0. The summed E-state index contributed by atoms with van der Waals surface area (Å²) < 4.78 is 12.6. The van der Waals surface area contributed by atoms with Crippen molar-refractivity contribution < 1.29 is 14.3 Å². The van der Waals surface area contributed by atoms with Gasteiger partial charge in [0.2, 0.25) is 5.88 Å². The monoisotopic (exact) mass is 525 g/mol. The third-order valence-corrected chi connectivity index (χ3v) is 6.53. The van der Waals surface area contributed by atoms with Crippen LogP contribution in [0.4, 0.5) is 0 Å². The third kappa shape index (κ3) is 5.83. The van der Waals surface area contributed by atoms with E-state index in [-0.39, 0.29) is 0 Å². The summed E-state index contributed by atoms with van der Waals surface area (Å²) in [5.74, 6) is 2.06. The summed E-state index contributed by atoms with van der Waals surface area (Å²) in [6, 6.07) is 22.3. The number of rotatable bonds is 5. The van der Waals surface area contributed by atoms with Gasteiger partial charge in [0.25, 0.3) is 0 Å².